The molecule has 3 heterocycles. The van der Waals surface area contributed by atoms with Gasteiger partial charge in [-0.2, -0.15) is 4.98 Å². The number of hydrogen-bond acceptors (Lipinski definition) is 10. The van der Waals surface area contributed by atoms with Crippen LogP contribution in [0.3, 0.4) is 0 Å². The Morgan fingerprint density at radius 1 is 1.10 bits per heavy atom. The number of esters is 1. The maximum absolute atomic E-state index is 12.2. The van der Waals surface area contributed by atoms with E-state index in [2.05, 4.69) is 25.2 Å². The molecule has 156 valence electrons. The van der Waals surface area contributed by atoms with Gasteiger partial charge in [-0.3, -0.25) is 0 Å². The lowest BCUT2D eigenvalue weighted by Gasteiger charge is -2.14. The van der Waals surface area contributed by atoms with Crippen LogP contribution in [0.2, 0.25) is 0 Å². The van der Waals surface area contributed by atoms with Gasteiger partial charge in [0.25, 0.3) is 5.89 Å². The molecule has 1 aliphatic heterocycles. The average molecular weight is 411 g/mol. The van der Waals surface area contributed by atoms with E-state index in [0.29, 0.717) is 22.9 Å². The second kappa shape index (κ2) is 8.76. The maximum atomic E-state index is 12.2. The van der Waals surface area contributed by atoms with Gasteiger partial charge in [0.05, 0.1) is 19.8 Å². The molecule has 4 rings (SSSR count). The fourth-order valence-electron chi connectivity index (χ4n) is 3.16. The molecule has 10 nitrogen and oxygen atoms in total. The number of nitrogens with zero attached hydrogens (tertiary/aromatic N) is 5. The first kappa shape index (κ1) is 19.6. The van der Waals surface area contributed by atoms with E-state index in [1.54, 1.807) is 37.4 Å². The van der Waals surface area contributed by atoms with Crippen molar-refractivity contribution in [3.05, 3.63) is 41.9 Å². The van der Waals surface area contributed by atoms with Crippen molar-refractivity contribution < 1.29 is 23.5 Å². The van der Waals surface area contributed by atoms with Gasteiger partial charge in [0.2, 0.25) is 5.82 Å². The van der Waals surface area contributed by atoms with Crippen molar-refractivity contribution in [1.29, 1.82) is 0 Å². The molecule has 1 fully saturated rings. The normalized spacial score (nSPS) is 13.3. The van der Waals surface area contributed by atoms with E-state index in [4.69, 9.17) is 18.7 Å². The summed E-state index contributed by atoms with van der Waals surface area (Å²) in [5.41, 5.74) is 0.748. The van der Waals surface area contributed by atoms with Crippen molar-refractivity contribution >= 4 is 11.8 Å². The van der Waals surface area contributed by atoms with E-state index < -0.39 is 5.97 Å². The van der Waals surface area contributed by atoms with Crippen LogP contribution >= 0.6 is 0 Å². The summed E-state index contributed by atoms with van der Waals surface area (Å²) in [4.78, 5) is 18.6. The smallest absolute Gasteiger partial charge is 0.359 e. The third-order valence-electron chi connectivity index (χ3n) is 4.73. The van der Waals surface area contributed by atoms with Crippen molar-refractivity contribution in [2.24, 2.45) is 0 Å². The van der Waals surface area contributed by atoms with Crippen LogP contribution in [0, 0.1) is 0 Å². The number of methoxy groups -OCH3 is 2. The van der Waals surface area contributed by atoms with Crippen molar-refractivity contribution in [2.75, 3.05) is 32.2 Å². The van der Waals surface area contributed by atoms with Crippen LogP contribution in [-0.2, 0) is 11.3 Å². The minimum atomic E-state index is -0.614. The fourth-order valence-corrected chi connectivity index (χ4v) is 3.16. The van der Waals surface area contributed by atoms with Crippen LogP contribution in [-0.4, -0.2) is 53.6 Å². The molecule has 0 spiro atoms. The summed E-state index contributed by atoms with van der Waals surface area (Å²) in [6.45, 7) is 1.73. The van der Waals surface area contributed by atoms with Gasteiger partial charge in [0.1, 0.15) is 11.5 Å². The zero-order valence-corrected chi connectivity index (χ0v) is 16.7. The highest BCUT2D eigenvalue weighted by molar-refractivity contribution is 5.87. The molecule has 0 atom stereocenters. The fraction of sp³-hybridized carbons (Fsp3) is 0.350. The number of carbonyl (C=O) groups excluding carboxylic acids is 1. The molecule has 0 aliphatic carbocycles. The summed E-state index contributed by atoms with van der Waals surface area (Å²) in [7, 11) is 3.11. The summed E-state index contributed by atoms with van der Waals surface area (Å²) in [5.74, 6) is 1.79. The Hall–Kier alpha value is -3.69. The Bertz CT molecular complexity index is 1010. The van der Waals surface area contributed by atoms with Gasteiger partial charge in [0.15, 0.2) is 18.1 Å². The molecule has 3 aromatic rings. The van der Waals surface area contributed by atoms with Crippen LogP contribution in [0.1, 0.15) is 29.2 Å². The van der Waals surface area contributed by atoms with Gasteiger partial charge < -0.3 is 23.6 Å². The lowest BCUT2D eigenvalue weighted by Crippen LogP contribution is -2.20. The molecule has 0 radical (unpaired) electrons. The van der Waals surface area contributed by atoms with E-state index in [-0.39, 0.29) is 18.2 Å². The first-order valence-corrected chi connectivity index (χ1v) is 9.48. The summed E-state index contributed by atoms with van der Waals surface area (Å²) in [6, 6.07) is 8.62. The molecule has 1 saturated heterocycles. The van der Waals surface area contributed by atoms with Crippen molar-refractivity contribution in [3.8, 4) is 22.9 Å². The minimum Gasteiger partial charge on any atom is -0.497 e. The average Bonchev–Trinajstić information content (AvgIpc) is 3.49. The van der Waals surface area contributed by atoms with E-state index >= 15 is 0 Å². The first-order chi connectivity index (χ1) is 14.7. The summed E-state index contributed by atoms with van der Waals surface area (Å²) in [5, 5.41) is 12.0. The molecular formula is C20H21N5O5. The molecule has 10 heteroatoms. The maximum Gasteiger partial charge on any atom is 0.359 e. The molecule has 0 unspecified atom stereocenters. The third kappa shape index (κ3) is 4.17. The molecule has 0 amide bonds. The summed E-state index contributed by atoms with van der Waals surface area (Å²) < 4.78 is 20.9. The molecule has 2 aromatic heterocycles. The van der Waals surface area contributed by atoms with Crippen LogP contribution in [0.5, 0.6) is 11.5 Å². The third-order valence-corrected chi connectivity index (χ3v) is 4.73. The van der Waals surface area contributed by atoms with Gasteiger partial charge >= 0.3 is 5.97 Å². The van der Waals surface area contributed by atoms with Gasteiger partial charge in [0, 0.05) is 19.2 Å². The Morgan fingerprint density at radius 2 is 1.93 bits per heavy atom. The number of anilines is 1. The SMILES string of the molecule is COc1ccc(-c2noc(COC(=O)c3ccc(N4CCCC4)nn3)n2)c(OC)c1. The van der Waals surface area contributed by atoms with Crippen LogP contribution in [0.4, 0.5) is 5.82 Å². The molecule has 1 aromatic carbocycles. The predicted molar refractivity (Wildman–Crippen MR) is 105 cm³/mol. The van der Waals surface area contributed by atoms with Crippen LogP contribution in [0.25, 0.3) is 11.4 Å². The van der Waals surface area contributed by atoms with Gasteiger partial charge in [-0.15, -0.1) is 10.2 Å². The Labute approximate surface area is 172 Å². The molecule has 30 heavy (non-hydrogen) atoms. The Kier molecular flexibility index (Phi) is 5.73. The van der Waals surface area contributed by atoms with E-state index in [1.807, 2.05) is 0 Å². The number of hydrogen-bond donors (Lipinski definition) is 0. The zero-order chi connectivity index (χ0) is 20.9. The topological polar surface area (TPSA) is 113 Å². The Balaban J connectivity index is 1.39. The lowest BCUT2D eigenvalue weighted by atomic mass is 10.2. The number of aromatic nitrogens is 4. The minimum absolute atomic E-state index is 0.120. The number of carbonyl (C=O) groups is 1. The van der Waals surface area contributed by atoms with E-state index in [0.717, 1.165) is 31.7 Å². The summed E-state index contributed by atoms with van der Waals surface area (Å²) in [6.07, 6.45) is 2.28. The first-order valence-electron chi connectivity index (χ1n) is 9.48. The zero-order valence-electron chi connectivity index (χ0n) is 16.7. The van der Waals surface area contributed by atoms with Crippen LogP contribution < -0.4 is 14.4 Å². The lowest BCUT2D eigenvalue weighted by molar-refractivity contribution is 0.0421. The number of benzene rings is 1. The highest BCUT2D eigenvalue weighted by Gasteiger charge is 2.18. The van der Waals surface area contributed by atoms with Gasteiger partial charge in [-0.05, 0) is 37.1 Å². The van der Waals surface area contributed by atoms with E-state index in [9.17, 15) is 4.79 Å². The highest BCUT2D eigenvalue weighted by atomic mass is 16.6. The number of rotatable bonds is 7. The highest BCUT2D eigenvalue weighted by Crippen LogP contribution is 2.31. The van der Waals surface area contributed by atoms with Crippen molar-refractivity contribution in [3.63, 3.8) is 0 Å². The van der Waals surface area contributed by atoms with Crippen molar-refractivity contribution in [2.45, 2.75) is 19.4 Å². The predicted octanol–water partition coefficient (Wildman–Crippen LogP) is 2.50. The van der Waals surface area contributed by atoms with Gasteiger partial charge in [-0.1, -0.05) is 5.16 Å². The van der Waals surface area contributed by atoms with Crippen LogP contribution in [0.15, 0.2) is 34.9 Å². The second-order valence-corrected chi connectivity index (χ2v) is 6.62. The summed E-state index contributed by atoms with van der Waals surface area (Å²) >= 11 is 0. The van der Waals surface area contributed by atoms with Gasteiger partial charge in [-0.25, -0.2) is 4.79 Å². The monoisotopic (exact) mass is 411 g/mol. The van der Waals surface area contributed by atoms with Crippen molar-refractivity contribution in [1.82, 2.24) is 20.3 Å². The number of ether oxygens (including phenoxy) is 3. The quantitative estimate of drug-likeness (QED) is 0.537. The molecular weight excluding hydrogens is 390 g/mol. The Morgan fingerprint density at radius 3 is 2.63 bits per heavy atom. The van der Waals surface area contributed by atoms with E-state index in [1.165, 1.54) is 7.11 Å². The molecule has 0 saturated carbocycles. The largest absolute Gasteiger partial charge is 0.497 e. The second-order valence-electron chi connectivity index (χ2n) is 6.62. The standard InChI is InChI=1S/C20H21N5O5/c1-27-13-5-6-14(16(11-13)28-2)19-21-18(30-24-19)12-29-20(26)15-7-8-17(23-22-15)25-9-3-4-10-25/h5-8,11H,3-4,9-10,12H2,1-2H3. The molecule has 0 bridgehead atoms. The molecule has 1 aliphatic rings. The molecule has 0 N–H and O–H groups in total.